The maximum Gasteiger partial charge on any atom is 0.206 e. The van der Waals surface area contributed by atoms with Crippen molar-refractivity contribution < 1.29 is 4.79 Å². The molecule has 3 rings (SSSR count). The maximum atomic E-state index is 12.1. The van der Waals surface area contributed by atoms with Gasteiger partial charge in [-0.1, -0.05) is 32.0 Å². The highest BCUT2D eigenvalue weighted by Gasteiger charge is 2.37. The van der Waals surface area contributed by atoms with Crippen LogP contribution in [-0.2, 0) is 5.54 Å². The zero-order valence-corrected chi connectivity index (χ0v) is 10.7. The summed E-state index contributed by atoms with van der Waals surface area (Å²) in [5.74, 6) is 0.0139. The van der Waals surface area contributed by atoms with Crippen LogP contribution in [0.4, 0.5) is 0 Å². The normalized spacial score (nSPS) is 17.1. The van der Waals surface area contributed by atoms with Gasteiger partial charge in [-0.3, -0.25) is 9.79 Å². The Hall–Kier alpha value is -1.90. The highest BCUT2D eigenvalue weighted by atomic mass is 16.1. The number of H-pyrrole nitrogens is 1. The molecule has 0 aliphatic carbocycles. The Morgan fingerprint density at radius 3 is 2.67 bits per heavy atom. The molecule has 0 amide bonds. The fourth-order valence-electron chi connectivity index (χ4n) is 2.84. The molecule has 2 aromatic rings. The van der Waals surface area contributed by atoms with E-state index in [1.165, 1.54) is 6.21 Å². The molecule has 0 fully saturated rings. The van der Waals surface area contributed by atoms with Crippen LogP contribution in [0.15, 0.2) is 29.3 Å². The van der Waals surface area contributed by atoms with E-state index in [9.17, 15) is 4.79 Å². The van der Waals surface area contributed by atoms with Gasteiger partial charge in [-0.25, -0.2) is 0 Å². The van der Waals surface area contributed by atoms with E-state index in [4.69, 9.17) is 0 Å². The molecule has 0 unspecified atom stereocenters. The molecule has 0 spiro atoms. The molecule has 0 saturated heterocycles. The minimum atomic E-state index is -0.262. The van der Waals surface area contributed by atoms with Gasteiger partial charge in [0.1, 0.15) is 5.54 Å². The van der Waals surface area contributed by atoms with Crippen LogP contribution in [0, 0.1) is 0 Å². The van der Waals surface area contributed by atoms with Gasteiger partial charge in [-0.2, -0.15) is 0 Å². The highest BCUT2D eigenvalue weighted by Crippen LogP contribution is 2.40. The van der Waals surface area contributed by atoms with E-state index in [2.05, 4.69) is 23.8 Å². The van der Waals surface area contributed by atoms with E-state index in [0.717, 1.165) is 35.0 Å². The van der Waals surface area contributed by atoms with Crippen molar-refractivity contribution in [2.45, 2.75) is 32.2 Å². The Morgan fingerprint density at radius 1 is 1.22 bits per heavy atom. The van der Waals surface area contributed by atoms with Crippen molar-refractivity contribution in [3.05, 3.63) is 35.5 Å². The van der Waals surface area contributed by atoms with Crippen molar-refractivity contribution in [2.24, 2.45) is 4.99 Å². The van der Waals surface area contributed by atoms with Crippen molar-refractivity contribution in [3.63, 3.8) is 0 Å². The number of Topliss-reactive ketones (excluding diaryl/α,β-unsaturated/α-hetero) is 1. The molecule has 18 heavy (non-hydrogen) atoms. The van der Waals surface area contributed by atoms with Crippen LogP contribution >= 0.6 is 0 Å². The van der Waals surface area contributed by atoms with Crippen LogP contribution in [0.3, 0.4) is 0 Å². The van der Waals surface area contributed by atoms with Crippen LogP contribution < -0.4 is 0 Å². The number of fused-ring (bicyclic) bond motifs is 3. The summed E-state index contributed by atoms with van der Waals surface area (Å²) in [6, 6.07) is 7.96. The third-order valence-corrected chi connectivity index (χ3v) is 4.02. The van der Waals surface area contributed by atoms with Crippen molar-refractivity contribution in [3.8, 4) is 0 Å². The molecule has 1 N–H and O–H groups in total. The lowest BCUT2D eigenvalue weighted by Crippen LogP contribution is -2.29. The third-order valence-electron chi connectivity index (χ3n) is 4.02. The molecule has 2 heterocycles. The standard InChI is InChI=1S/C15H16N2O/c1-3-15(4-2)14-13(12(18)9-16-15)10-7-5-6-8-11(10)17-14/h5-9,17H,3-4H2,1-2H3. The lowest BCUT2D eigenvalue weighted by Gasteiger charge is -2.29. The lowest BCUT2D eigenvalue weighted by molar-refractivity contribution is 0.106. The smallest absolute Gasteiger partial charge is 0.206 e. The Kier molecular flexibility index (Phi) is 2.37. The minimum absolute atomic E-state index is 0.0139. The number of hydrogen-bond donors (Lipinski definition) is 1. The van der Waals surface area contributed by atoms with Gasteiger partial charge in [0.2, 0.25) is 5.78 Å². The quantitative estimate of drug-likeness (QED) is 0.858. The molecule has 0 bridgehead atoms. The summed E-state index contributed by atoms with van der Waals surface area (Å²) in [6.45, 7) is 4.23. The number of aromatic nitrogens is 1. The molecule has 0 atom stereocenters. The van der Waals surface area contributed by atoms with Gasteiger partial charge in [0.05, 0.1) is 17.5 Å². The predicted molar refractivity (Wildman–Crippen MR) is 73.4 cm³/mol. The fourth-order valence-corrected chi connectivity index (χ4v) is 2.84. The minimum Gasteiger partial charge on any atom is -0.356 e. The Morgan fingerprint density at radius 2 is 1.94 bits per heavy atom. The van der Waals surface area contributed by atoms with Crippen molar-refractivity contribution >= 4 is 22.9 Å². The summed E-state index contributed by atoms with van der Waals surface area (Å²) in [7, 11) is 0. The molecule has 1 aromatic heterocycles. The first-order chi connectivity index (χ1) is 8.72. The number of nitrogens with zero attached hydrogens (tertiary/aromatic N) is 1. The zero-order valence-electron chi connectivity index (χ0n) is 10.7. The second-order valence-electron chi connectivity index (χ2n) is 4.78. The van der Waals surface area contributed by atoms with Gasteiger partial charge in [0, 0.05) is 10.9 Å². The number of carbonyl (C=O) groups is 1. The van der Waals surface area contributed by atoms with Crippen LogP contribution in [-0.4, -0.2) is 17.0 Å². The van der Waals surface area contributed by atoms with Gasteiger partial charge < -0.3 is 4.98 Å². The first kappa shape index (κ1) is 11.2. The molecule has 3 nitrogen and oxygen atoms in total. The van der Waals surface area contributed by atoms with Gasteiger partial charge in [0.25, 0.3) is 0 Å². The van der Waals surface area contributed by atoms with Crippen molar-refractivity contribution in [1.29, 1.82) is 0 Å². The number of ketones is 1. The highest BCUT2D eigenvalue weighted by molar-refractivity contribution is 6.39. The van der Waals surface area contributed by atoms with Gasteiger partial charge in [-0.05, 0) is 18.9 Å². The van der Waals surface area contributed by atoms with E-state index in [1.54, 1.807) is 0 Å². The first-order valence-electron chi connectivity index (χ1n) is 6.42. The van der Waals surface area contributed by atoms with Crippen LogP contribution in [0.1, 0.15) is 42.7 Å². The summed E-state index contributed by atoms with van der Waals surface area (Å²) in [6.07, 6.45) is 3.29. The van der Waals surface area contributed by atoms with Crippen LogP contribution in [0.25, 0.3) is 10.9 Å². The molecule has 1 aliphatic rings. The van der Waals surface area contributed by atoms with E-state index >= 15 is 0 Å². The molecule has 1 aliphatic heterocycles. The Balaban J connectivity index is 2.37. The van der Waals surface area contributed by atoms with Crippen molar-refractivity contribution in [1.82, 2.24) is 4.98 Å². The van der Waals surface area contributed by atoms with Crippen LogP contribution in [0.5, 0.6) is 0 Å². The summed E-state index contributed by atoms with van der Waals surface area (Å²) in [5, 5.41) is 1.01. The maximum absolute atomic E-state index is 12.1. The summed E-state index contributed by atoms with van der Waals surface area (Å²) < 4.78 is 0. The summed E-state index contributed by atoms with van der Waals surface area (Å²) in [4.78, 5) is 20.0. The summed E-state index contributed by atoms with van der Waals surface area (Å²) in [5.41, 5.74) is 2.56. The van der Waals surface area contributed by atoms with Gasteiger partial charge in [0.15, 0.2) is 0 Å². The molecular formula is C15H16N2O. The molecular weight excluding hydrogens is 224 g/mol. The largest absolute Gasteiger partial charge is 0.356 e. The summed E-state index contributed by atoms with van der Waals surface area (Å²) >= 11 is 0. The zero-order chi connectivity index (χ0) is 12.8. The topological polar surface area (TPSA) is 45.2 Å². The monoisotopic (exact) mass is 240 g/mol. The SMILES string of the molecule is CCC1(CC)N=CC(=O)c2c1[nH]c1ccccc21. The third kappa shape index (κ3) is 1.30. The average molecular weight is 240 g/mol. The Bertz CT molecular complexity index is 648. The molecule has 0 radical (unpaired) electrons. The lowest BCUT2D eigenvalue weighted by atomic mass is 9.84. The second-order valence-corrected chi connectivity index (χ2v) is 4.78. The van der Waals surface area contributed by atoms with E-state index < -0.39 is 0 Å². The predicted octanol–water partition coefficient (Wildman–Crippen LogP) is 3.45. The first-order valence-corrected chi connectivity index (χ1v) is 6.42. The molecule has 92 valence electrons. The van der Waals surface area contributed by atoms with E-state index in [1.807, 2.05) is 24.3 Å². The number of aromatic amines is 1. The second kappa shape index (κ2) is 3.80. The van der Waals surface area contributed by atoms with Gasteiger partial charge >= 0.3 is 0 Å². The fraction of sp³-hybridized carbons (Fsp3) is 0.333. The Labute approximate surface area is 106 Å². The van der Waals surface area contributed by atoms with E-state index in [-0.39, 0.29) is 11.3 Å². The average Bonchev–Trinajstić information content (AvgIpc) is 2.81. The molecule has 1 aromatic carbocycles. The van der Waals surface area contributed by atoms with E-state index in [0.29, 0.717) is 0 Å². The number of nitrogens with one attached hydrogen (secondary N) is 1. The number of benzene rings is 1. The number of para-hydroxylation sites is 1. The number of hydrogen-bond acceptors (Lipinski definition) is 2. The molecule has 0 saturated carbocycles. The number of aliphatic imine (C=N–C) groups is 1. The van der Waals surface area contributed by atoms with Crippen LogP contribution in [0.2, 0.25) is 0 Å². The van der Waals surface area contributed by atoms with Gasteiger partial charge in [-0.15, -0.1) is 0 Å². The number of carbonyl (C=O) groups excluding carboxylic acids is 1. The molecule has 3 heteroatoms. The van der Waals surface area contributed by atoms with Crippen molar-refractivity contribution in [2.75, 3.05) is 0 Å². The number of rotatable bonds is 2.